The molecule has 4 aliphatic carbocycles. The number of benzene rings is 1. The van der Waals surface area contributed by atoms with Crippen molar-refractivity contribution in [1.82, 2.24) is 0 Å². The minimum absolute atomic E-state index is 0.0819. The van der Waals surface area contributed by atoms with E-state index in [0.717, 1.165) is 11.3 Å². The van der Waals surface area contributed by atoms with Crippen molar-refractivity contribution < 1.29 is 23.9 Å². The van der Waals surface area contributed by atoms with Crippen LogP contribution in [0.1, 0.15) is 5.56 Å². The van der Waals surface area contributed by atoms with Gasteiger partial charge < -0.3 is 14.3 Å². The number of rotatable bonds is 3. The molecule has 5 aliphatic rings. The third-order valence-electron chi connectivity index (χ3n) is 6.37. The van der Waals surface area contributed by atoms with Crippen molar-refractivity contribution in [2.24, 2.45) is 34.7 Å². The van der Waals surface area contributed by atoms with E-state index < -0.39 is 11.9 Å². The fourth-order valence-electron chi connectivity index (χ4n) is 5.33. The predicted octanol–water partition coefficient (Wildman–Crippen LogP) is 2.11. The summed E-state index contributed by atoms with van der Waals surface area (Å²) in [5.74, 6) is -0.973. The standard InChI is InChI=1S/C21H19NO5/c1-25-20(23)15-11-8-9-12(16(15)21(24)26-2)14-13(11)17-18(22-27-19(14)17)10-6-4-3-5-7-10/h3-9,11-14,17,19H,1-2H3. The molecule has 27 heavy (non-hydrogen) atoms. The van der Waals surface area contributed by atoms with Crippen LogP contribution in [0.15, 0.2) is 58.8 Å². The topological polar surface area (TPSA) is 74.2 Å². The van der Waals surface area contributed by atoms with Crippen molar-refractivity contribution in [3.8, 4) is 0 Å². The lowest BCUT2D eigenvalue weighted by molar-refractivity contribution is -0.150. The van der Waals surface area contributed by atoms with Crippen molar-refractivity contribution >= 4 is 17.7 Å². The molecule has 0 saturated heterocycles. The molecule has 2 bridgehead atoms. The van der Waals surface area contributed by atoms with Crippen LogP contribution in [-0.4, -0.2) is 38.0 Å². The van der Waals surface area contributed by atoms with Crippen LogP contribution < -0.4 is 0 Å². The first-order valence-corrected chi connectivity index (χ1v) is 9.05. The third-order valence-corrected chi connectivity index (χ3v) is 6.37. The molecule has 0 amide bonds. The van der Waals surface area contributed by atoms with Gasteiger partial charge in [0, 0.05) is 23.7 Å². The lowest BCUT2D eigenvalue weighted by Crippen LogP contribution is -2.62. The molecule has 6 atom stereocenters. The average molecular weight is 365 g/mol. The Hall–Kier alpha value is -2.89. The molecule has 0 N–H and O–H groups in total. The first kappa shape index (κ1) is 16.3. The highest BCUT2D eigenvalue weighted by Crippen LogP contribution is 2.63. The van der Waals surface area contributed by atoms with Gasteiger partial charge in [-0.25, -0.2) is 9.59 Å². The first-order valence-electron chi connectivity index (χ1n) is 9.05. The third kappa shape index (κ3) is 2.04. The van der Waals surface area contributed by atoms with E-state index in [1.54, 1.807) is 0 Å². The summed E-state index contributed by atoms with van der Waals surface area (Å²) in [6.45, 7) is 0. The summed E-state index contributed by atoms with van der Waals surface area (Å²) < 4.78 is 9.97. The molecule has 6 heteroatoms. The van der Waals surface area contributed by atoms with Crippen LogP contribution in [0.25, 0.3) is 0 Å². The lowest BCUT2D eigenvalue weighted by atomic mass is 9.45. The van der Waals surface area contributed by atoms with Crippen LogP contribution in [0.4, 0.5) is 0 Å². The summed E-state index contributed by atoms with van der Waals surface area (Å²) in [7, 11) is 2.67. The second kappa shape index (κ2) is 5.81. The molecule has 1 aromatic carbocycles. The predicted molar refractivity (Wildman–Crippen MR) is 95.5 cm³/mol. The number of methoxy groups -OCH3 is 2. The zero-order valence-corrected chi connectivity index (χ0v) is 15.0. The van der Waals surface area contributed by atoms with Gasteiger partial charge in [-0.15, -0.1) is 0 Å². The molecule has 6 nitrogen and oxygen atoms in total. The van der Waals surface area contributed by atoms with E-state index in [4.69, 9.17) is 14.3 Å². The van der Waals surface area contributed by atoms with E-state index in [2.05, 4.69) is 5.16 Å². The molecule has 6 rings (SSSR count). The number of carbonyl (C=O) groups is 2. The van der Waals surface area contributed by atoms with Crippen molar-refractivity contribution in [2.75, 3.05) is 14.2 Å². The van der Waals surface area contributed by atoms with E-state index in [9.17, 15) is 9.59 Å². The number of nitrogens with zero attached hydrogens (tertiary/aromatic N) is 1. The molecule has 1 aliphatic heterocycles. The average Bonchev–Trinajstić information content (AvgIpc) is 3.08. The molecule has 1 heterocycles. The van der Waals surface area contributed by atoms with Gasteiger partial charge in [-0.3, -0.25) is 0 Å². The second-order valence-electron chi connectivity index (χ2n) is 7.34. The number of fused-ring (bicyclic) bond motifs is 1. The Kier molecular flexibility index (Phi) is 3.50. The number of hydrogen-bond donors (Lipinski definition) is 0. The Morgan fingerprint density at radius 1 is 0.926 bits per heavy atom. The van der Waals surface area contributed by atoms with Gasteiger partial charge in [0.15, 0.2) is 0 Å². The minimum atomic E-state index is -0.473. The van der Waals surface area contributed by atoms with Gasteiger partial charge >= 0.3 is 11.9 Å². The van der Waals surface area contributed by atoms with Crippen LogP contribution in [0, 0.1) is 29.6 Å². The Morgan fingerprint density at radius 2 is 1.52 bits per heavy atom. The minimum Gasteiger partial charge on any atom is -0.466 e. The number of hydrogen-bond acceptors (Lipinski definition) is 6. The van der Waals surface area contributed by atoms with Gasteiger partial charge in [-0.1, -0.05) is 47.6 Å². The van der Waals surface area contributed by atoms with Gasteiger partial charge in [-0.2, -0.15) is 0 Å². The van der Waals surface area contributed by atoms with E-state index in [1.807, 2.05) is 42.5 Å². The monoisotopic (exact) mass is 365 g/mol. The molecular formula is C21H19NO5. The maximum atomic E-state index is 12.5. The van der Waals surface area contributed by atoms with Crippen LogP contribution in [0.5, 0.6) is 0 Å². The van der Waals surface area contributed by atoms with E-state index >= 15 is 0 Å². The summed E-state index contributed by atoms with van der Waals surface area (Å²) in [4.78, 5) is 30.8. The summed E-state index contributed by atoms with van der Waals surface area (Å²) in [5.41, 5.74) is 2.79. The molecule has 1 aromatic rings. The molecule has 0 aromatic heterocycles. The van der Waals surface area contributed by atoms with Gasteiger partial charge in [0.25, 0.3) is 0 Å². The van der Waals surface area contributed by atoms with Crippen LogP contribution in [0.2, 0.25) is 0 Å². The Labute approximate surface area is 156 Å². The van der Waals surface area contributed by atoms with Crippen molar-refractivity contribution in [2.45, 2.75) is 6.10 Å². The number of allylic oxidation sites excluding steroid dienone is 2. The zero-order chi connectivity index (χ0) is 18.7. The molecule has 0 radical (unpaired) electrons. The highest BCUT2D eigenvalue weighted by Gasteiger charge is 2.67. The molecule has 138 valence electrons. The smallest absolute Gasteiger partial charge is 0.334 e. The van der Waals surface area contributed by atoms with Gasteiger partial charge in [0.1, 0.15) is 6.10 Å². The quantitative estimate of drug-likeness (QED) is 0.606. The van der Waals surface area contributed by atoms with E-state index in [-0.39, 0.29) is 35.7 Å². The van der Waals surface area contributed by atoms with Gasteiger partial charge in [0.2, 0.25) is 0 Å². The molecular weight excluding hydrogens is 346 g/mol. The van der Waals surface area contributed by atoms with Crippen molar-refractivity contribution in [1.29, 1.82) is 0 Å². The number of carbonyl (C=O) groups excluding carboxylic acids is 2. The highest BCUT2D eigenvalue weighted by atomic mass is 16.6. The fourth-order valence-corrected chi connectivity index (χ4v) is 5.33. The van der Waals surface area contributed by atoms with Crippen LogP contribution in [-0.2, 0) is 23.9 Å². The summed E-state index contributed by atoms with van der Waals surface area (Å²) in [6.07, 6.45) is 3.95. The largest absolute Gasteiger partial charge is 0.466 e. The van der Waals surface area contributed by atoms with Crippen molar-refractivity contribution in [3.63, 3.8) is 0 Å². The number of oxime groups is 1. The summed E-state index contributed by atoms with van der Waals surface area (Å²) in [6, 6.07) is 9.96. The van der Waals surface area contributed by atoms with Gasteiger partial charge in [-0.05, 0) is 11.5 Å². The maximum absolute atomic E-state index is 12.5. The van der Waals surface area contributed by atoms with Gasteiger partial charge in [0.05, 0.1) is 31.1 Å². The normalized spacial score (nSPS) is 34.8. The SMILES string of the molecule is COC(=O)C1=C(C(=O)OC)C2C=CC1C1C3ON=C(c4ccccc4)C3C21. The second-order valence-corrected chi connectivity index (χ2v) is 7.34. The summed E-state index contributed by atoms with van der Waals surface area (Å²) >= 11 is 0. The summed E-state index contributed by atoms with van der Waals surface area (Å²) in [5, 5.41) is 4.37. The Balaban J connectivity index is 1.57. The molecule has 6 unspecified atom stereocenters. The van der Waals surface area contributed by atoms with Crippen LogP contribution in [0.3, 0.4) is 0 Å². The number of ether oxygens (including phenoxy) is 2. The zero-order valence-electron chi connectivity index (χ0n) is 15.0. The molecule has 1 saturated carbocycles. The van der Waals surface area contributed by atoms with E-state index in [1.165, 1.54) is 14.2 Å². The Bertz CT molecular complexity index is 916. The lowest BCUT2D eigenvalue weighted by Gasteiger charge is -2.57. The molecule has 1 fully saturated rings. The maximum Gasteiger partial charge on any atom is 0.334 e. The first-order chi connectivity index (χ1) is 13.2. The van der Waals surface area contributed by atoms with Crippen LogP contribution >= 0.6 is 0 Å². The fraction of sp³-hybridized carbons (Fsp3) is 0.381. The van der Waals surface area contributed by atoms with Crippen molar-refractivity contribution in [3.05, 3.63) is 59.2 Å². The molecule has 0 spiro atoms. The Morgan fingerprint density at radius 3 is 2.11 bits per heavy atom. The highest BCUT2D eigenvalue weighted by molar-refractivity contribution is 6.06. The van der Waals surface area contributed by atoms with E-state index in [0.29, 0.717) is 11.1 Å². The number of esters is 2.